The number of carbonyl (C=O) groups excluding carboxylic acids is 3. The number of hydrogen-bond acceptors (Lipinski definition) is 6. The molecule has 184 valence electrons. The highest BCUT2D eigenvalue weighted by Crippen LogP contribution is 2.22. The van der Waals surface area contributed by atoms with Crippen LogP contribution in [0.15, 0.2) is 90.0 Å². The second kappa shape index (κ2) is 11.4. The van der Waals surface area contributed by atoms with Crippen LogP contribution in [0.1, 0.15) is 30.0 Å². The van der Waals surface area contributed by atoms with Crippen molar-refractivity contribution in [2.24, 2.45) is 16.8 Å². The molecule has 0 aliphatic carbocycles. The number of nitrogens with two attached hydrogens (primary N) is 1. The third-order valence-electron chi connectivity index (χ3n) is 5.90. The Labute approximate surface area is 209 Å². The summed E-state index contributed by atoms with van der Waals surface area (Å²) in [5, 5.41) is 4.17. The van der Waals surface area contributed by atoms with Crippen LogP contribution in [0.2, 0.25) is 0 Å². The van der Waals surface area contributed by atoms with Crippen LogP contribution in [-0.2, 0) is 27.4 Å². The Morgan fingerprint density at radius 2 is 1.61 bits per heavy atom. The maximum atomic E-state index is 13.4. The fourth-order valence-corrected chi connectivity index (χ4v) is 4.01. The van der Waals surface area contributed by atoms with Gasteiger partial charge < -0.3 is 10.5 Å². The summed E-state index contributed by atoms with van der Waals surface area (Å²) in [7, 11) is 0. The fourth-order valence-electron chi connectivity index (χ4n) is 4.01. The molecule has 0 saturated carbocycles. The molecule has 0 saturated heterocycles. The van der Waals surface area contributed by atoms with Crippen molar-refractivity contribution in [2.75, 3.05) is 4.90 Å². The van der Waals surface area contributed by atoms with Crippen molar-refractivity contribution in [1.29, 1.82) is 0 Å². The Balaban J connectivity index is 1.57. The zero-order chi connectivity index (χ0) is 25.5. The van der Waals surface area contributed by atoms with Crippen molar-refractivity contribution in [3.8, 4) is 0 Å². The lowest BCUT2D eigenvalue weighted by Gasteiger charge is -2.24. The minimum absolute atomic E-state index is 0.0173. The molecular weight excluding hydrogens is 456 g/mol. The number of anilines is 1. The van der Waals surface area contributed by atoms with Crippen LogP contribution in [-0.4, -0.2) is 29.7 Å². The summed E-state index contributed by atoms with van der Waals surface area (Å²) in [6.07, 6.45) is -0.199. The monoisotopic (exact) mass is 484 g/mol. The average molecular weight is 485 g/mol. The van der Waals surface area contributed by atoms with E-state index in [1.807, 2.05) is 67.6 Å². The maximum Gasteiger partial charge on any atom is 0.421 e. The summed E-state index contributed by atoms with van der Waals surface area (Å²) in [5.74, 6) is -0.758. The summed E-state index contributed by atoms with van der Waals surface area (Å²) in [4.78, 5) is 39.1. The van der Waals surface area contributed by atoms with Gasteiger partial charge in [-0.2, -0.15) is 5.10 Å². The van der Waals surface area contributed by atoms with Crippen LogP contribution in [0.5, 0.6) is 0 Å². The Hall–Kier alpha value is -4.30. The zero-order valence-corrected chi connectivity index (χ0v) is 20.0. The van der Waals surface area contributed by atoms with Crippen LogP contribution < -0.4 is 16.1 Å². The van der Waals surface area contributed by atoms with Crippen LogP contribution in [0.4, 0.5) is 10.5 Å². The number of rotatable bonds is 7. The van der Waals surface area contributed by atoms with Crippen LogP contribution in [0, 0.1) is 5.92 Å². The van der Waals surface area contributed by atoms with Gasteiger partial charge in [0.15, 0.2) is 0 Å². The summed E-state index contributed by atoms with van der Waals surface area (Å²) >= 11 is 0. The first-order valence-electron chi connectivity index (χ1n) is 11.7. The van der Waals surface area contributed by atoms with E-state index < -0.39 is 18.0 Å². The third kappa shape index (κ3) is 6.03. The topological polar surface area (TPSA) is 114 Å². The lowest BCUT2D eigenvalue weighted by molar-refractivity contribution is -0.122. The van der Waals surface area contributed by atoms with Gasteiger partial charge in [-0.15, -0.1) is 0 Å². The van der Waals surface area contributed by atoms with Gasteiger partial charge in [-0.1, -0.05) is 79.7 Å². The Morgan fingerprint density at radius 3 is 2.22 bits per heavy atom. The van der Waals surface area contributed by atoms with Gasteiger partial charge in [0.25, 0.3) is 5.91 Å². The van der Waals surface area contributed by atoms with Crippen molar-refractivity contribution >= 4 is 29.3 Å². The molecule has 3 amide bonds. The van der Waals surface area contributed by atoms with E-state index in [0.29, 0.717) is 12.1 Å². The molecule has 2 atom stereocenters. The van der Waals surface area contributed by atoms with Crippen LogP contribution in [0.3, 0.4) is 0 Å². The highest BCUT2D eigenvalue weighted by Gasteiger charge is 2.30. The largest absolute Gasteiger partial charge is 0.444 e. The smallest absolute Gasteiger partial charge is 0.421 e. The maximum absolute atomic E-state index is 13.4. The zero-order valence-electron chi connectivity index (χ0n) is 20.0. The van der Waals surface area contributed by atoms with E-state index >= 15 is 0 Å². The molecule has 3 aromatic rings. The number of benzene rings is 3. The Morgan fingerprint density at radius 1 is 1.00 bits per heavy atom. The SMILES string of the molecule is CC1CC(=O)NN=C1c1ccc(N(C(=O)OCc2ccccc2)C(=O)[C@H](N)Cc2ccccc2)cc1. The highest BCUT2D eigenvalue weighted by atomic mass is 16.6. The molecule has 8 heteroatoms. The van der Waals surface area contributed by atoms with E-state index in [2.05, 4.69) is 10.5 Å². The molecule has 1 aliphatic rings. The first kappa shape index (κ1) is 24.8. The molecule has 3 aromatic carbocycles. The van der Waals surface area contributed by atoms with E-state index in [1.165, 1.54) is 0 Å². The molecule has 0 bridgehead atoms. The predicted octanol–water partition coefficient (Wildman–Crippen LogP) is 3.79. The van der Waals surface area contributed by atoms with Crippen molar-refractivity contribution in [3.63, 3.8) is 0 Å². The number of nitrogens with zero attached hydrogens (tertiary/aromatic N) is 2. The Bertz CT molecular complexity index is 1240. The molecule has 3 N–H and O–H groups in total. The number of hydrogen-bond donors (Lipinski definition) is 2. The Kier molecular flexibility index (Phi) is 7.87. The molecule has 36 heavy (non-hydrogen) atoms. The van der Waals surface area contributed by atoms with Crippen molar-refractivity contribution in [1.82, 2.24) is 5.43 Å². The van der Waals surface area contributed by atoms with Gasteiger partial charge in [-0.05, 0) is 35.2 Å². The molecule has 0 spiro atoms. The molecule has 0 aromatic heterocycles. The van der Waals surface area contributed by atoms with Crippen LogP contribution in [0.25, 0.3) is 0 Å². The lowest BCUT2D eigenvalue weighted by Crippen LogP contribution is -2.48. The summed E-state index contributed by atoms with van der Waals surface area (Å²) in [6, 6.07) is 24.5. The minimum Gasteiger partial charge on any atom is -0.444 e. The molecule has 1 heterocycles. The number of ether oxygens (including phenoxy) is 1. The minimum atomic E-state index is -0.950. The molecule has 0 fully saturated rings. The number of hydrazone groups is 1. The van der Waals surface area contributed by atoms with Crippen molar-refractivity contribution in [2.45, 2.75) is 32.4 Å². The highest BCUT2D eigenvalue weighted by molar-refractivity contribution is 6.14. The van der Waals surface area contributed by atoms with Gasteiger partial charge in [0.2, 0.25) is 5.91 Å². The quantitative estimate of drug-likeness (QED) is 0.530. The van der Waals surface area contributed by atoms with Gasteiger partial charge in [-0.3, -0.25) is 9.59 Å². The first-order chi connectivity index (χ1) is 17.4. The van der Waals surface area contributed by atoms with Gasteiger partial charge in [-0.25, -0.2) is 15.1 Å². The van der Waals surface area contributed by atoms with Gasteiger partial charge in [0.1, 0.15) is 6.61 Å². The van der Waals surface area contributed by atoms with E-state index in [4.69, 9.17) is 10.5 Å². The predicted molar refractivity (Wildman–Crippen MR) is 137 cm³/mol. The summed E-state index contributed by atoms with van der Waals surface area (Å²) in [6.45, 7) is 1.94. The number of imide groups is 1. The average Bonchev–Trinajstić information content (AvgIpc) is 2.89. The molecule has 0 radical (unpaired) electrons. The van der Waals surface area contributed by atoms with Crippen molar-refractivity contribution in [3.05, 3.63) is 102 Å². The second-order valence-corrected chi connectivity index (χ2v) is 8.69. The van der Waals surface area contributed by atoms with Gasteiger partial charge in [0.05, 0.1) is 17.4 Å². The van der Waals surface area contributed by atoms with E-state index in [0.717, 1.165) is 27.3 Å². The first-order valence-corrected chi connectivity index (χ1v) is 11.7. The normalized spacial score (nSPS) is 15.9. The van der Waals surface area contributed by atoms with Gasteiger partial charge in [0, 0.05) is 12.3 Å². The number of amides is 3. The second-order valence-electron chi connectivity index (χ2n) is 8.69. The van der Waals surface area contributed by atoms with Gasteiger partial charge >= 0.3 is 6.09 Å². The lowest BCUT2D eigenvalue weighted by atomic mass is 9.94. The molecular formula is C28H28N4O4. The molecule has 1 aliphatic heterocycles. The third-order valence-corrected chi connectivity index (χ3v) is 5.90. The standard InChI is InChI=1S/C28H28N4O4/c1-19-16-25(33)30-31-26(19)22-12-14-23(15-13-22)32(28(35)36-18-21-10-6-3-7-11-21)27(34)24(29)17-20-8-4-2-5-9-20/h2-15,19,24H,16-18,29H2,1H3,(H,30,33)/t19?,24-/m1/s1. The molecule has 8 nitrogen and oxygen atoms in total. The van der Waals surface area contributed by atoms with E-state index in [1.54, 1.807) is 24.3 Å². The van der Waals surface area contributed by atoms with Crippen molar-refractivity contribution < 1.29 is 19.1 Å². The summed E-state index contributed by atoms with van der Waals surface area (Å²) < 4.78 is 5.48. The summed E-state index contributed by atoms with van der Waals surface area (Å²) in [5.41, 5.74) is 12.3. The number of carbonyl (C=O) groups is 3. The molecule has 1 unspecified atom stereocenters. The fraction of sp³-hybridized carbons (Fsp3) is 0.214. The molecule has 4 rings (SSSR count). The van der Waals surface area contributed by atoms with Crippen LogP contribution >= 0.6 is 0 Å². The number of nitrogens with one attached hydrogen (secondary N) is 1. The van der Waals surface area contributed by atoms with E-state index in [-0.39, 0.29) is 24.9 Å². The van der Waals surface area contributed by atoms with E-state index in [9.17, 15) is 14.4 Å².